The second kappa shape index (κ2) is 4.09. The zero-order valence-corrected chi connectivity index (χ0v) is 10.6. The summed E-state index contributed by atoms with van der Waals surface area (Å²) in [6, 6.07) is 0. The summed E-state index contributed by atoms with van der Waals surface area (Å²) in [5, 5.41) is 3.36. The third-order valence-corrected chi connectivity index (χ3v) is 4.58. The molecular weight excluding hydrogens is 220 g/mol. The molecule has 3 nitrogen and oxygen atoms in total. The molecule has 1 aromatic heterocycles. The van der Waals surface area contributed by atoms with Crippen LogP contribution in [0.5, 0.6) is 0 Å². The highest BCUT2D eigenvalue weighted by Gasteiger charge is 2.41. The highest BCUT2D eigenvalue weighted by molar-refractivity contribution is 7.09. The molecule has 0 aliphatic carbocycles. The van der Waals surface area contributed by atoms with E-state index in [1.54, 1.807) is 11.3 Å². The summed E-state index contributed by atoms with van der Waals surface area (Å²) in [4.78, 5) is 7.07. The van der Waals surface area contributed by atoms with Crippen molar-refractivity contribution in [2.45, 2.75) is 26.3 Å². The van der Waals surface area contributed by atoms with Gasteiger partial charge in [0.2, 0.25) is 0 Å². The van der Waals surface area contributed by atoms with Gasteiger partial charge in [0, 0.05) is 30.5 Å². The quantitative estimate of drug-likeness (QED) is 0.788. The molecule has 0 N–H and O–H groups in total. The van der Waals surface area contributed by atoms with Crippen LogP contribution in [-0.2, 0) is 11.3 Å². The van der Waals surface area contributed by atoms with Crippen molar-refractivity contribution in [1.82, 2.24) is 9.88 Å². The van der Waals surface area contributed by atoms with Gasteiger partial charge in [-0.1, -0.05) is 0 Å². The van der Waals surface area contributed by atoms with Crippen molar-refractivity contribution in [3.8, 4) is 0 Å². The predicted molar refractivity (Wildman–Crippen MR) is 64.6 cm³/mol. The van der Waals surface area contributed by atoms with Gasteiger partial charge in [0.25, 0.3) is 0 Å². The molecule has 4 heteroatoms. The Kier molecular flexibility index (Phi) is 2.73. The van der Waals surface area contributed by atoms with E-state index < -0.39 is 0 Å². The lowest BCUT2D eigenvalue weighted by Gasteiger charge is -2.21. The van der Waals surface area contributed by atoms with Crippen LogP contribution in [0.4, 0.5) is 0 Å². The highest BCUT2D eigenvalue weighted by Crippen LogP contribution is 2.38. The van der Waals surface area contributed by atoms with Gasteiger partial charge in [-0.3, -0.25) is 4.90 Å². The largest absolute Gasteiger partial charge is 0.381 e. The topological polar surface area (TPSA) is 25.4 Å². The van der Waals surface area contributed by atoms with Gasteiger partial charge in [-0.05, 0) is 26.3 Å². The maximum Gasteiger partial charge on any atom is 0.0897 e. The highest BCUT2D eigenvalue weighted by atomic mass is 32.1. The molecule has 0 bridgehead atoms. The number of aromatic nitrogens is 1. The van der Waals surface area contributed by atoms with Crippen LogP contribution >= 0.6 is 11.3 Å². The third-order valence-electron chi connectivity index (χ3n) is 3.75. The SMILES string of the molecule is Cc1nc(CN2CC[C@]3(CCOC3)C2)cs1. The van der Waals surface area contributed by atoms with Crippen LogP contribution in [0, 0.1) is 12.3 Å². The number of nitrogens with zero attached hydrogens (tertiary/aromatic N) is 2. The molecule has 3 rings (SSSR count). The number of aryl methyl sites for hydroxylation is 1. The summed E-state index contributed by atoms with van der Waals surface area (Å²) in [5.41, 5.74) is 1.71. The number of hydrogen-bond acceptors (Lipinski definition) is 4. The molecule has 2 saturated heterocycles. The Balaban J connectivity index is 1.61. The molecule has 1 aromatic rings. The van der Waals surface area contributed by atoms with E-state index in [-0.39, 0.29) is 0 Å². The molecule has 88 valence electrons. The van der Waals surface area contributed by atoms with E-state index >= 15 is 0 Å². The first kappa shape index (κ1) is 10.7. The predicted octanol–water partition coefficient (Wildman–Crippen LogP) is 2.06. The lowest BCUT2D eigenvalue weighted by molar-refractivity contribution is 0.151. The van der Waals surface area contributed by atoms with Crippen molar-refractivity contribution in [1.29, 1.82) is 0 Å². The number of hydrogen-bond donors (Lipinski definition) is 0. The minimum Gasteiger partial charge on any atom is -0.381 e. The molecule has 1 atom stereocenters. The molecule has 0 amide bonds. The first-order chi connectivity index (χ1) is 7.76. The molecule has 2 fully saturated rings. The average molecular weight is 238 g/mol. The van der Waals surface area contributed by atoms with Crippen LogP contribution in [0.15, 0.2) is 5.38 Å². The van der Waals surface area contributed by atoms with E-state index in [1.807, 2.05) is 0 Å². The summed E-state index contributed by atoms with van der Waals surface area (Å²) in [7, 11) is 0. The van der Waals surface area contributed by atoms with E-state index in [9.17, 15) is 0 Å². The molecule has 2 aliphatic rings. The molecule has 0 saturated carbocycles. The minimum absolute atomic E-state index is 0.477. The van der Waals surface area contributed by atoms with Gasteiger partial charge in [0.15, 0.2) is 0 Å². The Labute approximate surface area is 100 Å². The maximum atomic E-state index is 5.54. The monoisotopic (exact) mass is 238 g/mol. The Morgan fingerprint density at radius 2 is 2.50 bits per heavy atom. The van der Waals surface area contributed by atoms with Crippen LogP contribution in [0.3, 0.4) is 0 Å². The summed E-state index contributed by atoms with van der Waals surface area (Å²) in [6.07, 6.45) is 2.55. The Bertz CT molecular complexity index is 371. The van der Waals surface area contributed by atoms with E-state index in [2.05, 4.69) is 22.2 Å². The van der Waals surface area contributed by atoms with Crippen molar-refractivity contribution >= 4 is 11.3 Å². The second-order valence-corrected chi connectivity index (χ2v) is 6.18. The van der Waals surface area contributed by atoms with E-state index in [0.29, 0.717) is 5.41 Å². The zero-order chi connectivity index (χ0) is 11.0. The van der Waals surface area contributed by atoms with Crippen molar-refractivity contribution in [2.24, 2.45) is 5.41 Å². The molecular formula is C12H18N2OS. The summed E-state index contributed by atoms with van der Waals surface area (Å²) in [6.45, 7) is 7.43. The number of thiazole rings is 1. The van der Waals surface area contributed by atoms with Crippen LogP contribution in [0.25, 0.3) is 0 Å². The molecule has 0 unspecified atom stereocenters. The normalized spacial score (nSPS) is 30.6. The average Bonchev–Trinajstić information content (AvgIpc) is 2.94. The first-order valence-electron chi connectivity index (χ1n) is 5.97. The zero-order valence-electron chi connectivity index (χ0n) is 9.74. The van der Waals surface area contributed by atoms with Crippen molar-refractivity contribution in [2.75, 3.05) is 26.3 Å². The summed E-state index contributed by atoms with van der Waals surface area (Å²) >= 11 is 1.75. The van der Waals surface area contributed by atoms with E-state index in [1.165, 1.54) is 36.6 Å². The van der Waals surface area contributed by atoms with Crippen LogP contribution in [-0.4, -0.2) is 36.2 Å². The van der Waals surface area contributed by atoms with Crippen molar-refractivity contribution in [3.05, 3.63) is 16.1 Å². The van der Waals surface area contributed by atoms with Gasteiger partial charge >= 0.3 is 0 Å². The number of likely N-dealkylation sites (tertiary alicyclic amines) is 1. The Morgan fingerprint density at radius 1 is 1.56 bits per heavy atom. The fourth-order valence-electron chi connectivity index (χ4n) is 2.84. The molecule has 16 heavy (non-hydrogen) atoms. The summed E-state index contributed by atoms with van der Waals surface area (Å²) < 4.78 is 5.54. The fourth-order valence-corrected chi connectivity index (χ4v) is 3.45. The molecule has 0 radical (unpaired) electrons. The lowest BCUT2D eigenvalue weighted by Crippen LogP contribution is -2.27. The van der Waals surface area contributed by atoms with Gasteiger partial charge in [0.1, 0.15) is 0 Å². The first-order valence-corrected chi connectivity index (χ1v) is 6.85. The van der Waals surface area contributed by atoms with Gasteiger partial charge in [-0.25, -0.2) is 4.98 Å². The van der Waals surface area contributed by atoms with Gasteiger partial charge in [-0.2, -0.15) is 0 Å². The van der Waals surface area contributed by atoms with E-state index in [4.69, 9.17) is 4.74 Å². The van der Waals surface area contributed by atoms with Crippen LogP contribution in [0.1, 0.15) is 23.5 Å². The van der Waals surface area contributed by atoms with Gasteiger partial charge < -0.3 is 4.74 Å². The van der Waals surface area contributed by atoms with Gasteiger partial charge in [0.05, 0.1) is 17.3 Å². The lowest BCUT2D eigenvalue weighted by atomic mass is 9.87. The van der Waals surface area contributed by atoms with Crippen LogP contribution in [0.2, 0.25) is 0 Å². The summed E-state index contributed by atoms with van der Waals surface area (Å²) in [5.74, 6) is 0. The Morgan fingerprint density at radius 3 is 3.19 bits per heavy atom. The molecule has 3 heterocycles. The van der Waals surface area contributed by atoms with Gasteiger partial charge in [-0.15, -0.1) is 11.3 Å². The van der Waals surface area contributed by atoms with Crippen LogP contribution < -0.4 is 0 Å². The maximum absolute atomic E-state index is 5.54. The minimum atomic E-state index is 0.477. The molecule has 2 aliphatic heterocycles. The molecule has 0 aromatic carbocycles. The standard InChI is InChI=1S/C12H18N2OS/c1-10-13-11(7-16-10)6-14-4-2-12(8-14)3-5-15-9-12/h7H,2-6,8-9H2,1H3/t12-/m0/s1. The van der Waals surface area contributed by atoms with Crippen molar-refractivity contribution < 1.29 is 4.74 Å². The second-order valence-electron chi connectivity index (χ2n) is 5.12. The van der Waals surface area contributed by atoms with E-state index in [0.717, 1.165) is 19.8 Å². The van der Waals surface area contributed by atoms with Crippen molar-refractivity contribution in [3.63, 3.8) is 0 Å². The number of rotatable bonds is 2. The third kappa shape index (κ3) is 2.01. The fraction of sp³-hybridized carbons (Fsp3) is 0.750. The number of ether oxygens (including phenoxy) is 1. The Hall–Kier alpha value is -0.450. The smallest absolute Gasteiger partial charge is 0.0897 e. The molecule has 1 spiro atoms.